The highest BCUT2D eigenvalue weighted by atomic mass is 32.2. The molecule has 9 nitrogen and oxygen atoms in total. The van der Waals surface area contributed by atoms with E-state index in [9.17, 15) is 22.8 Å². The summed E-state index contributed by atoms with van der Waals surface area (Å²) in [6.07, 6.45) is 1.14. The summed E-state index contributed by atoms with van der Waals surface area (Å²) in [5.74, 6) is -1.85. The van der Waals surface area contributed by atoms with Gasteiger partial charge in [0.2, 0.25) is 10.0 Å². The molecular formula is C27H28N2O7S. The topological polar surface area (TPSA) is 119 Å². The summed E-state index contributed by atoms with van der Waals surface area (Å²) in [4.78, 5) is 37.0. The van der Waals surface area contributed by atoms with Crippen LogP contribution >= 0.6 is 0 Å². The fourth-order valence-electron chi connectivity index (χ4n) is 3.58. The normalized spacial score (nSPS) is 10.9. The van der Waals surface area contributed by atoms with E-state index in [0.29, 0.717) is 11.3 Å². The maximum absolute atomic E-state index is 12.9. The van der Waals surface area contributed by atoms with Gasteiger partial charge in [-0.25, -0.2) is 18.0 Å². The molecule has 0 atom stereocenters. The van der Waals surface area contributed by atoms with Crippen LogP contribution in [0.15, 0.2) is 60.7 Å². The molecule has 0 radical (unpaired) electrons. The molecule has 0 aliphatic rings. The first kappa shape index (κ1) is 27.4. The molecule has 0 aromatic heterocycles. The summed E-state index contributed by atoms with van der Waals surface area (Å²) >= 11 is 0. The third-order valence-electron chi connectivity index (χ3n) is 5.82. The number of sulfonamides is 1. The van der Waals surface area contributed by atoms with Crippen LogP contribution in [-0.4, -0.2) is 46.7 Å². The SMILES string of the molecule is COC(=O)c1ccc(C(=O)OC)c(NC(=O)c2ccc(CN(c3ccc(C)c(C)c3)S(C)(=O)=O)cc2)c1. The molecule has 0 aliphatic carbocycles. The first-order valence-corrected chi connectivity index (χ1v) is 13.1. The Labute approximate surface area is 216 Å². The lowest BCUT2D eigenvalue weighted by atomic mass is 10.1. The quantitative estimate of drug-likeness (QED) is 0.441. The van der Waals surface area contributed by atoms with E-state index < -0.39 is 27.9 Å². The van der Waals surface area contributed by atoms with E-state index in [4.69, 9.17) is 9.47 Å². The van der Waals surface area contributed by atoms with Gasteiger partial charge in [0.15, 0.2) is 0 Å². The lowest BCUT2D eigenvalue weighted by molar-refractivity contribution is 0.0587. The smallest absolute Gasteiger partial charge is 0.339 e. The number of anilines is 2. The lowest BCUT2D eigenvalue weighted by Crippen LogP contribution is -2.29. The number of nitrogens with one attached hydrogen (secondary N) is 1. The van der Waals surface area contributed by atoms with Gasteiger partial charge >= 0.3 is 11.9 Å². The van der Waals surface area contributed by atoms with Crippen LogP contribution in [0.5, 0.6) is 0 Å². The van der Waals surface area contributed by atoms with Crippen LogP contribution in [0.3, 0.4) is 0 Å². The Morgan fingerprint density at radius 1 is 0.811 bits per heavy atom. The Morgan fingerprint density at radius 2 is 1.43 bits per heavy atom. The van der Waals surface area contributed by atoms with Crippen LogP contribution in [0.4, 0.5) is 11.4 Å². The van der Waals surface area contributed by atoms with Crippen LogP contribution in [0.2, 0.25) is 0 Å². The third kappa shape index (κ3) is 6.53. The summed E-state index contributed by atoms with van der Waals surface area (Å²) in [5.41, 5.74) is 3.81. The standard InChI is InChI=1S/C27H28N2O7S/c1-17-6-12-22(14-18(17)2)29(37(5,33)34)16-19-7-9-20(10-8-19)25(30)28-24-15-21(26(31)35-3)11-13-23(24)27(32)36-4/h6-15H,16H2,1-5H3,(H,28,30). The minimum atomic E-state index is -3.57. The summed E-state index contributed by atoms with van der Waals surface area (Å²) in [7, 11) is -1.14. The van der Waals surface area contributed by atoms with Crippen molar-refractivity contribution in [3.05, 3.63) is 94.0 Å². The number of esters is 2. The maximum Gasteiger partial charge on any atom is 0.339 e. The van der Waals surface area contributed by atoms with E-state index in [1.54, 1.807) is 30.3 Å². The third-order valence-corrected chi connectivity index (χ3v) is 6.96. The molecule has 3 aromatic carbocycles. The zero-order valence-corrected chi connectivity index (χ0v) is 22.0. The van der Waals surface area contributed by atoms with Gasteiger partial charge in [0.25, 0.3) is 5.91 Å². The first-order chi connectivity index (χ1) is 17.4. The number of rotatable bonds is 8. The number of amides is 1. The summed E-state index contributed by atoms with van der Waals surface area (Å²) in [6, 6.07) is 15.9. The molecule has 10 heteroatoms. The number of aryl methyl sites for hydroxylation is 2. The van der Waals surface area contributed by atoms with Gasteiger partial charge in [-0.2, -0.15) is 0 Å². The molecule has 0 spiro atoms. The molecular weight excluding hydrogens is 496 g/mol. The van der Waals surface area contributed by atoms with Gasteiger partial charge in [-0.15, -0.1) is 0 Å². The lowest BCUT2D eigenvalue weighted by Gasteiger charge is -2.23. The van der Waals surface area contributed by atoms with E-state index in [1.165, 1.54) is 36.7 Å². The van der Waals surface area contributed by atoms with Gasteiger partial charge in [-0.1, -0.05) is 18.2 Å². The number of hydrogen-bond acceptors (Lipinski definition) is 7. The molecule has 194 valence electrons. The van der Waals surface area contributed by atoms with Crippen molar-refractivity contribution >= 4 is 39.2 Å². The summed E-state index contributed by atoms with van der Waals surface area (Å²) in [5, 5.41) is 2.63. The maximum atomic E-state index is 12.9. The van der Waals surface area contributed by atoms with Gasteiger partial charge in [-0.3, -0.25) is 9.10 Å². The predicted molar refractivity (Wildman–Crippen MR) is 140 cm³/mol. The Bertz CT molecular complexity index is 1450. The number of carbonyl (C=O) groups is 3. The van der Waals surface area contributed by atoms with Crippen LogP contribution in [0.25, 0.3) is 0 Å². The molecule has 0 unspecified atom stereocenters. The van der Waals surface area contributed by atoms with Crippen molar-refractivity contribution in [3.8, 4) is 0 Å². The minimum absolute atomic E-state index is 0.0670. The fourth-order valence-corrected chi connectivity index (χ4v) is 4.46. The average molecular weight is 525 g/mol. The molecule has 0 saturated heterocycles. The highest BCUT2D eigenvalue weighted by molar-refractivity contribution is 7.92. The van der Waals surface area contributed by atoms with E-state index in [0.717, 1.165) is 17.4 Å². The van der Waals surface area contributed by atoms with Crippen molar-refractivity contribution in [2.75, 3.05) is 30.1 Å². The van der Waals surface area contributed by atoms with Crippen LogP contribution < -0.4 is 9.62 Å². The number of carbonyl (C=O) groups excluding carboxylic acids is 3. The highest BCUT2D eigenvalue weighted by Gasteiger charge is 2.20. The minimum Gasteiger partial charge on any atom is -0.465 e. The van der Waals surface area contributed by atoms with Gasteiger partial charge in [-0.05, 0) is 73.0 Å². The van der Waals surface area contributed by atoms with Crippen LogP contribution in [-0.2, 0) is 26.0 Å². The van der Waals surface area contributed by atoms with Gasteiger partial charge in [0.1, 0.15) is 0 Å². The molecule has 0 saturated carbocycles. The van der Waals surface area contributed by atoms with Crippen molar-refractivity contribution in [2.45, 2.75) is 20.4 Å². The van der Waals surface area contributed by atoms with Gasteiger partial charge in [0.05, 0.1) is 49.5 Å². The monoisotopic (exact) mass is 524 g/mol. The highest BCUT2D eigenvalue weighted by Crippen LogP contribution is 2.24. The van der Waals surface area contributed by atoms with Crippen molar-refractivity contribution in [2.24, 2.45) is 0 Å². The number of methoxy groups -OCH3 is 2. The number of nitrogens with zero attached hydrogens (tertiary/aromatic N) is 1. The molecule has 1 amide bonds. The number of hydrogen-bond donors (Lipinski definition) is 1. The Morgan fingerprint density at radius 3 is 2.00 bits per heavy atom. The molecule has 37 heavy (non-hydrogen) atoms. The molecule has 1 N–H and O–H groups in total. The largest absolute Gasteiger partial charge is 0.465 e. The zero-order chi connectivity index (χ0) is 27.3. The van der Waals surface area contributed by atoms with E-state index >= 15 is 0 Å². The number of benzene rings is 3. The van der Waals surface area contributed by atoms with Crippen molar-refractivity contribution in [1.29, 1.82) is 0 Å². The average Bonchev–Trinajstić information content (AvgIpc) is 2.87. The second-order valence-corrected chi connectivity index (χ2v) is 10.3. The Balaban J connectivity index is 1.85. The van der Waals surface area contributed by atoms with Gasteiger partial charge in [0, 0.05) is 5.56 Å². The van der Waals surface area contributed by atoms with Gasteiger partial charge < -0.3 is 14.8 Å². The Hall–Kier alpha value is -4.18. The Kier molecular flexibility index (Phi) is 8.34. The zero-order valence-electron chi connectivity index (χ0n) is 21.2. The molecule has 0 fully saturated rings. The molecule has 0 aliphatic heterocycles. The number of ether oxygens (including phenoxy) is 2. The molecule has 3 rings (SSSR count). The fraction of sp³-hybridized carbons (Fsp3) is 0.222. The first-order valence-electron chi connectivity index (χ1n) is 11.2. The van der Waals surface area contributed by atoms with Crippen LogP contribution in [0, 0.1) is 13.8 Å². The van der Waals surface area contributed by atoms with E-state index in [2.05, 4.69) is 5.32 Å². The molecule has 0 heterocycles. The van der Waals surface area contributed by atoms with Crippen molar-refractivity contribution in [1.82, 2.24) is 0 Å². The van der Waals surface area contributed by atoms with Crippen LogP contribution in [0.1, 0.15) is 47.8 Å². The second-order valence-electron chi connectivity index (χ2n) is 8.43. The summed E-state index contributed by atoms with van der Waals surface area (Å²) in [6.45, 7) is 3.95. The predicted octanol–water partition coefficient (Wildman–Crippen LogP) is 4.10. The van der Waals surface area contributed by atoms with E-state index in [1.807, 2.05) is 26.0 Å². The van der Waals surface area contributed by atoms with Crippen molar-refractivity contribution < 1.29 is 32.3 Å². The van der Waals surface area contributed by atoms with Crippen molar-refractivity contribution in [3.63, 3.8) is 0 Å². The molecule has 0 bridgehead atoms. The second kappa shape index (κ2) is 11.3. The summed E-state index contributed by atoms with van der Waals surface area (Å²) < 4.78 is 35.8. The molecule has 3 aromatic rings. The van der Waals surface area contributed by atoms with E-state index in [-0.39, 0.29) is 28.9 Å².